The summed E-state index contributed by atoms with van der Waals surface area (Å²) in [7, 11) is 0. The molecule has 15 heavy (non-hydrogen) atoms. The number of phenolic OH excluding ortho intramolecular Hbond substituents is 1. The van der Waals surface area contributed by atoms with E-state index in [2.05, 4.69) is 20.5 Å². The van der Waals surface area contributed by atoms with Crippen LogP contribution in [0.5, 0.6) is 5.75 Å². The smallest absolute Gasteiger partial charge is 0.117 e. The Hall–Kier alpha value is -1.00. The highest BCUT2D eigenvalue weighted by Gasteiger charge is 2.06. The van der Waals surface area contributed by atoms with E-state index in [1.807, 2.05) is 12.3 Å². The fraction of sp³-hybridized carbons (Fsp3) is 0.273. The largest absolute Gasteiger partial charge is 0.508 e. The number of phenols is 1. The van der Waals surface area contributed by atoms with Gasteiger partial charge in [0.1, 0.15) is 5.75 Å². The molecule has 4 heteroatoms. The minimum Gasteiger partial charge on any atom is -0.508 e. The second-order valence-electron chi connectivity index (χ2n) is 3.51. The number of benzene rings is 1. The van der Waals surface area contributed by atoms with Crippen LogP contribution in [0.25, 0.3) is 10.9 Å². The molecule has 0 spiro atoms. The highest BCUT2D eigenvalue weighted by Crippen LogP contribution is 2.28. The number of hydrogen-bond acceptors (Lipinski definition) is 2. The molecule has 0 unspecified atom stereocenters. The highest BCUT2D eigenvalue weighted by atomic mass is 79.9. The van der Waals surface area contributed by atoms with Crippen molar-refractivity contribution < 1.29 is 5.11 Å². The first kappa shape index (κ1) is 10.5. The summed E-state index contributed by atoms with van der Waals surface area (Å²) in [5, 5.41) is 10.6. The lowest BCUT2D eigenvalue weighted by atomic mass is 10.2. The number of fused-ring (bicyclic) bond motifs is 1. The minimum absolute atomic E-state index is 0.294. The van der Waals surface area contributed by atoms with Gasteiger partial charge in [-0.25, -0.2) is 0 Å². The number of nitrogens with two attached hydrogens (primary N) is 1. The van der Waals surface area contributed by atoms with Gasteiger partial charge < -0.3 is 15.4 Å². The van der Waals surface area contributed by atoms with Crippen molar-refractivity contribution in [2.45, 2.75) is 13.0 Å². The number of hydrogen-bond donors (Lipinski definition) is 2. The van der Waals surface area contributed by atoms with Gasteiger partial charge in [-0.05, 0) is 41.0 Å². The first-order valence-corrected chi connectivity index (χ1v) is 5.69. The Bertz CT molecular complexity index is 479. The molecule has 80 valence electrons. The quantitative estimate of drug-likeness (QED) is 0.899. The predicted octanol–water partition coefficient (Wildman–Crippen LogP) is 2.46. The van der Waals surface area contributed by atoms with Crippen LogP contribution in [-0.2, 0) is 6.54 Å². The van der Waals surface area contributed by atoms with E-state index in [0.717, 1.165) is 28.3 Å². The first-order valence-electron chi connectivity index (χ1n) is 4.90. The summed E-state index contributed by atoms with van der Waals surface area (Å²) in [5.74, 6) is 0.294. The lowest BCUT2D eigenvalue weighted by Gasteiger charge is -2.03. The second kappa shape index (κ2) is 4.24. The Morgan fingerprint density at radius 2 is 2.20 bits per heavy atom. The van der Waals surface area contributed by atoms with Crippen LogP contribution in [0.1, 0.15) is 6.42 Å². The van der Waals surface area contributed by atoms with Crippen LogP contribution in [0.4, 0.5) is 0 Å². The van der Waals surface area contributed by atoms with Crippen molar-refractivity contribution >= 4 is 26.8 Å². The lowest BCUT2D eigenvalue weighted by Crippen LogP contribution is -2.04. The van der Waals surface area contributed by atoms with Crippen LogP contribution in [0.3, 0.4) is 0 Å². The first-order chi connectivity index (χ1) is 7.22. The fourth-order valence-electron chi connectivity index (χ4n) is 1.68. The van der Waals surface area contributed by atoms with Gasteiger partial charge >= 0.3 is 0 Å². The highest BCUT2D eigenvalue weighted by molar-refractivity contribution is 9.10. The van der Waals surface area contributed by atoms with E-state index in [9.17, 15) is 5.11 Å². The molecular formula is C11H13BrN2O. The molecule has 3 N–H and O–H groups in total. The molecule has 1 aromatic heterocycles. The van der Waals surface area contributed by atoms with Crippen LogP contribution in [0.2, 0.25) is 0 Å². The monoisotopic (exact) mass is 268 g/mol. The summed E-state index contributed by atoms with van der Waals surface area (Å²) in [6, 6.07) is 5.38. The second-order valence-corrected chi connectivity index (χ2v) is 4.37. The van der Waals surface area contributed by atoms with E-state index in [1.165, 1.54) is 0 Å². The van der Waals surface area contributed by atoms with E-state index >= 15 is 0 Å². The predicted molar refractivity (Wildman–Crippen MR) is 65.0 cm³/mol. The Morgan fingerprint density at radius 1 is 1.40 bits per heavy atom. The average molecular weight is 269 g/mol. The summed E-state index contributed by atoms with van der Waals surface area (Å²) in [6.45, 7) is 1.55. The van der Waals surface area contributed by atoms with Crippen molar-refractivity contribution in [2.75, 3.05) is 6.54 Å². The van der Waals surface area contributed by atoms with Gasteiger partial charge in [0.2, 0.25) is 0 Å². The van der Waals surface area contributed by atoms with Crippen LogP contribution < -0.4 is 5.73 Å². The fourth-order valence-corrected chi connectivity index (χ4v) is 2.26. The third-order valence-electron chi connectivity index (χ3n) is 2.42. The summed E-state index contributed by atoms with van der Waals surface area (Å²) >= 11 is 3.50. The van der Waals surface area contributed by atoms with Gasteiger partial charge in [-0.3, -0.25) is 0 Å². The summed E-state index contributed by atoms with van der Waals surface area (Å²) < 4.78 is 3.15. The van der Waals surface area contributed by atoms with Crippen molar-refractivity contribution in [2.24, 2.45) is 5.73 Å². The molecule has 0 saturated carbocycles. The van der Waals surface area contributed by atoms with E-state index < -0.39 is 0 Å². The normalized spacial score (nSPS) is 11.1. The molecule has 3 nitrogen and oxygen atoms in total. The van der Waals surface area contributed by atoms with E-state index in [-0.39, 0.29) is 0 Å². The van der Waals surface area contributed by atoms with E-state index in [0.29, 0.717) is 12.3 Å². The van der Waals surface area contributed by atoms with Crippen LogP contribution >= 0.6 is 15.9 Å². The van der Waals surface area contributed by atoms with Crippen molar-refractivity contribution in [3.63, 3.8) is 0 Å². The van der Waals surface area contributed by atoms with E-state index in [4.69, 9.17) is 5.73 Å². The maximum Gasteiger partial charge on any atom is 0.117 e. The maximum absolute atomic E-state index is 9.44. The number of aromatic nitrogens is 1. The number of aryl methyl sites for hydroxylation is 1. The van der Waals surface area contributed by atoms with Crippen LogP contribution in [0.15, 0.2) is 28.9 Å². The minimum atomic E-state index is 0.294. The van der Waals surface area contributed by atoms with Crippen molar-refractivity contribution in [3.8, 4) is 5.75 Å². The topological polar surface area (TPSA) is 51.2 Å². The lowest BCUT2D eigenvalue weighted by molar-refractivity contribution is 0.475. The SMILES string of the molecule is NCCCn1cc(Br)c2ccc(O)cc21. The Morgan fingerprint density at radius 3 is 2.93 bits per heavy atom. The molecule has 0 fully saturated rings. The summed E-state index contributed by atoms with van der Waals surface area (Å²) in [6.07, 6.45) is 2.96. The zero-order valence-corrected chi connectivity index (χ0v) is 9.87. The van der Waals surface area contributed by atoms with Crippen LogP contribution in [0, 0.1) is 0 Å². The summed E-state index contributed by atoms with van der Waals surface area (Å²) in [4.78, 5) is 0. The average Bonchev–Trinajstić information content (AvgIpc) is 2.52. The molecule has 1 heterocycles. The zero-order chi connectivity index (χ0) is 10.8. The Balaban J connectivity index is 2.49. The molecule has 0 atom stereocenters. The molecule has 2 rings (SSSR count). The zero-order valence-electron chi connectivity index (χ0n) is 8.28. The van der Waals surface area contributed by atoms with Gasteiger partial charge in [-0.15, -0.1) is 0 Å². The number of aromatic hydroxyl groups is 1. The van der Waals surface area contributed by atoms with Crippen molar-refractivity contribution in [1.82, 2.24) is 4.57 Å². The van der Waals surface area contributed by atoms with Gasteiger partial charge in [-0.1, -0.05) is 0 Å². The maximum atomic E-state index is 9.44. The van der Waals surface area contributed by atoms with Gasteiger partial charge in [-0.2, -0.15) is 0 Å². The number of halogens is 1. The molecule has 0 aliphatic rings. The van der Waals surface area contributed by atoms with Gasteiger partial charge in [0.05, 0.1) is 5.52 Å². The van der Waals surface area contributed by atoms with Gasteiger partial charge in [0.15, 0.2) is 0 Å². The van der Waals surface area contributed by atoms with E-state index in [1.54, 1.807) is 12.1 Å². The van der Waals surface area contributed by atoms with Gasteiger partial charge in [0.25, 0.3) is 0 Å². The van der Waals surface area contributed by atoms with Gasteiger partial charge in [0, 0.05) is 28.7 Å². The molecule has 0 saturated heterocycles. The molecule has 0 aliphatic heterocycles. The van der Waals surface area contributed by atoms with Crippen molar-refractivity contribution in [1.29, 1.82) is 0 Å². The number of nitrogens with zero attached hydrogens (tertiary/aromatic N) is 1. The molecule has 0 aliphatic carbocycles. The number of rotatable bonds is 3. The molecule has 2 aromatic rings. The standard InChI is InChI=1S/C11H13BrN2O/c12-10-7-14(5-1-4-13)11-6-8(15)2-3-9(10)11/h2-3,6-7,15H,1,4-5,13H2. The molecule has 1 aromatic carbocycles. The molecule has 0 amide bonds. The van der Waals surface area contributed by atoms with Crippen LogP contribution in [-0.4, -0.2) is 16.2 Å². The molecule has 0 bridgehead atoms. The molecular weight excluding hydrogens is 256 g/mol. The van der Waals surface area contributed by atoms with Crippen molar-refractivity contribution in [3.05, 3.63) is 28.9 Å². The third-order valence-corrected chi connectivity index (χ3v) is 3.05. The third kappa shape index (κ3) is 2.01. The summed E-state index contributed by atoms with van der Waals surface area (Å²) in [5.41, 5.74) is 6.52. The Kier molecular flexibility index (Phi) is 2.98. The Labute approximate surface area is 96.6 Å². The molecule has 0 radical (unpaired) electrons.